The van der Waals surface area contributed by atoms with Gasteiger partial charge in [0.25, 0.3) is 0 Å². The molecule has 1 rings (SSSR count). The molecule has 1 aliphatic heterocycles. The summed E-state index contributed by atoms with van der Waals surface area (Å²) in [5.74, 6) is 0.524. The Morgan fingerprint density at radius 1 is 1.36 bits per heavy atom. The van der Waals surface area contributed by atoms with E-state index in [1.54, 1.807) is 0 Å². The fourth-order valence-corrected chi connectivity index (χ4v) is 1.65. The van der Waals surface area contributed by atoms with Gasteiger partial charge in [-0.2, -0.15) is 0 Å². The molecule has 1 heterocycles. The van der Waals surface area contributed by atoms with Gasteiger partial charge in [-0.05, 0) is 11.8 Å². The number of hydrogen-bond acceptors (Lipinski definition) is 2. The second-order valence-corrected chi connectivity index (χ2v) is 4.50. The van der Waals surface area contributed by atoms with Crippen LogP contribution in [0.15, 0.2) is 0 Å². The van der Waals surface area contributed by atoms with Crippen molar-refractivity contribution in [2.75, 3.05) is 13.2 Å². The van der Waals surface area contributed by atoms with Gasteiger partial charge in [0.1, 0.15) is 0 Å². The Hall–Kier alpha value is -0.0800. The van der Waals surface area contributed by atoms with E-state index in [-0.39, 0.29) is 0 Å². The molecule has 11 heavy (non-hydrogen) atoms. The van der Waals surface area contributed by atoms with Crippen LogP contribution < -0.4 is 5.73 Å². The van der Waals surface area contributed by atoms with E-state index in [0.29, 0.717) is 17.4 Å². The molecule has 0 aromatic heterocycles. The lowest BCUT2D eigenvalue weighted by Gasteiger charge is -2.38. The molecular weight excluding hydrogens is 138 g/mol. The minimum atomic E-state index is 0.292. The van der Waals surface area contributed by atoms with Gasteiger partial charge >= 0.3 is 0 Å². The Kier molecular flexibility index (Phi) is 2.55. The van der Waals surface area contributed by atoms with Gasteiger partial charge in [-0.1, -0.05) is 20.8 Å². The summed E-state index contributed by atoms with van der Waals surface area (Å²) in [6.45, 7) is 8.36. The normalized spacial score (nSPS) is 33.8. The molecule has 1 aliphatic rings. The molecule has 0 saturated carbocycles. The lowest BCUT2D eigenvalue weighted by molar-refractivity contribution is -0.00311. The standard InChI is InChI=1S/C9H19NO/c1-9(2,3)7-6-11-5-4-8(7)10/h7-8H,4-6,10H2,1-3H3/t7-,8+/m1/s1. The average Bonchev–Trinajstić information content (AvgIpc) is 1.86. The zero-order valence-electron chi connectivity index (χ0n) is 7.76. The summed E-state index contributed by atoms with van der Waals surface area (Å²) in [5.41, 5.74) is 6.28. The summed E-state index contributed by atoms with van der Waals surface area (Å²) in [5, 5.41) is 0. The van der Waals surface area contributed by atoms with Gasteiger partial charge in [0.15, 0.2) is 0 Å². The topological polar surface area (TPSA) is 35.2 Å². The zero-order chi connectivity index (χ0) is 8.48. The maximum absolute atomic E-state index is 5.99. The highest BCUT2D eigenvalue weighted by atomic mass is 16.5. The van der Waals surface area contributed by atoms with E-state index in [1.807, 2.05) is 0 Å². The smallest absolute Gasteiger partial charge is 0.0514 e. The van der Waals surface area contributed by atoms with Crippen LogP contribution in [-0.2, 0) is 4.74 Å². The third kappa shape index (κ3) is 2.17. The molecule has 66 valence electrons. The fourth-order valence-electron chi connectivity index (χ4n) is 1.65. The highest BCUT2D eigenvalue weighted by molar-refractivity contribution is 4.84. The van der Waals surface area contributed by atoms with Crippen molar-refractivity contribution < 1.29 is 4.74 Å². The van der Waals surface area contributed by atoms with Crippen molar-refractivity contribution in [2.24, 2.45) is 17.1 Å². The van der Waals surface area contributed by atoms with Gasteiger partial charge in [-0.3, -0.25) is 0 Å². The highest BCUT2D eigenvalue weighted by Crippen LogP contribution is 2.31. The number of nitrogens with two attached hydrogens (primary N) is 1. The predicted molar refractivity (Wildman–Crippen MR) is 46.4 cm³/mol. The minimum Gasteiger partial charge on any atom is -0.381 e. The second-order valence-electron chi connectivity index (χ2n) is 4.50. The summed E-state index contributed by atoms with van der Waals surface area (Å²) in [7, 11) is 0. The van der Waals surface area contributed by atoms with Crippen LogP contribution in [0.5, 0.6) is 0 Å². The van der Waals surface area contributed by atoms with Crippen LogP contribution in [0.25, 0.3) is 0 Å². The van der Waals surface area contributed by atoms with Crippen molar-refractivity contribution in [1.29, 1.82) is 0 Å². The second kappa shape index (κ2) is 3.11. The molecule has 0 aromatic rings. The summed E-state index contributed by atoms with van der Waals surface area (Å²) in [6.07, 6.45) is 1.02. The van der Waals surface area contributed by atoms with Crippen molar-refractivity contribution in [3.05, 3.63) is 0 Å². The van der Waals surface area contributed by atoms with Crippen molar-refractivity contribution in [3.63, 3.8) is 0 Å². The van der Waals surface area contributed by atoms with Gasteiger partial charge in [-0.25, -0.2) is 0 Å². The van der Waals surface area contributed by atoms with Crippen LogP contribution in [0.3, 0.4) is 0 Å². The third-order valence-corrected chi connectivity index (χ3v) is 2.52. The van der Waals surface area contributed by atoms with Crippen LogP contribution in [0.2, 0.25) is 0 Å². The van der Waals surface area contributed by atoms with Crippen molar-refractivity contribution in [1.82, 2.24) is 0 Å². The molecule has 0 spiro atoms. The molecule has 2 N–H and O–H groups in total. The van der Waals surface area contributed by atoms with Crippen molar-refractivity contribution in [3.8, 4) is 0 Å². The Bertz CT molecular complexity index is 128. The SMILES string of the molecule is CC(C)(C)[C@@H]1COCC[C@@H]1N. The number of rotatable bonds is 0. The minimum absolute atomic E-state index is 0.292. The molecule has 0 radical (unpaired) electrons. The molecular formula is C9H19NO. The van der Waals surface area contributed by atoms with E-state index in [9.17, 15) is 0 Å². The van der Waals surface area contributed by atoms with Crippen LogP contribution in [-0.4, -0.2) is 19.3 Å². The molecule has 0 bridgehead atoms. The molecule has 1 fully saturated rings. The van der Waals surface area contributed by atoms with Crippen molar-refractivity contribution >= 4 is 0 Å². The molecule has 0 aromatic carbocycles. The van der Waals surface area contributed by atoms with Crippen LogP contribution in [0.1, 0.15) is 27.2 Å². The Morgan fingerprint density at radius 3 is 2.36 bits per heavy atom. The molecule has 0 amide bonds. The summed E-state index contributed by atoms with van der Waals surface area (Å²) in [6, 6.07) is 0.337. The van der Waals surface area contributed by atoms with E-state index in [4.69, 9.17) is 10.5 Å². The Morgan fingerprint density at radius 2 is 2.00 bits per heavy atom. The average molecular weight is 157 g/mol. The van der Waals surface area contributed by atoms with Crippen LogP contribution in [0.4, 0.5) is 0 Å². The number of ether oxygens (including phenoxy) is 1. The largest absolute Gasteiger partial charge is 0.381 e. The first-order valence-corrected chi connectivity index (χ1v) is 4.35. The quantitative estimate of drug-likeness (QED) is 0.577. The first-order valence-electron chi connectivity index (χ1n) is 4.35. The summed E-state index contributed by atoms with van der Waals surface area (Å²) >= 11 is 0. The van der Waals surface area contributed by atoms with Gasteiger partial charge in [-0.15, -0.1) is 0 Å². The van der Waals surface area contributed by atoms with E-state index >= 15 is 0 Å². The van der Waals surface area contributed by atoms with Crippen molar-refractivity contribution in [2.45, 2.75) is 33.2 Å². The lowest BCUT2D eigenvalue weighted by atomic mass is 9.75. The van der Waals surface area contributed by atoms with E-state index in [1.165, 1.54) is 0 Å². The van der Waals surface area contributed by atoms with Gasteiger partial charge in [0.05, 0.1) is 6.61 Å². The van der Waals surface area contributed by atoms with Crippen LogP contribution in [0, 0.1) is 11.3 Å². The number of hydrogen-bond donors (Lipinski definition) is 1. The monoisotopic (exact) mass is 157 g/mol. The Balaban J connectivity index is 2.55. The van der Waals surface area contributed by atoms with Gasteiger partial charge < -0.3 is 10.5 Å². The van der Waals surface area contributed by atoms with Gasteiger partial charge in [0.2, 0.25) is 0 Å². The lowest BCUT2D eigenvalue weighted by Crippen LogP contribution is -2.45. The summed E-state index contributed by atoms with van der Waals surface area (Å²) in [4.78, 5) is 0. The zero-order valence-corrected chi connectivity index (χ0v) is 7.76. The molecule has 0 unspecified atom stereocenters. The third-order valence-electron chi connectivity index (χ3n) is 2.52. The molecule has 0 aliphatic carbocycles. The maximum Gasteiger partial charge on any atom is 0.0514 e. The molecule has 2 nitrogen and oxygen atoms in total. The Labute approximate surface area is 69.1 Å². The van der Waals surface area contributed by atoms with E-state index in [0.717, 1.165) is 19.6 Å². The predicted octanol–water partition coefficient (Wildman–Crippen LogP) is 1.40. The highest BCUT2D eigenvalue weighted by Gasteiger charge is 2.32. The van der Waals surface area contributed by atoms with E-state index in [2.05, 4.69) is 20.8 Å². The van der Waals surface area contributed by atoms with Gasteiger partial charge in [0, 0.05) is 18.6 Å². The molecule has 2 atom stereocenters. The van der Waals surface area contributed by atoms with E-state index < -0.39 is 0 Å². The fraction of sp³-hybridized carbons (Fsp3) is 1.00. The molecule has 1 saturated heterocycles. The van der Waals surface area contributed by atoms with Crippen LogP contribution >= 0.6 is 0 Å². The first-order chi connectivity index (χ1) is 5.02. The first kappa shape index (κ1) is 9.01. The molecule has 2 heteroatoms. The summed E-state index contributed by atoms with van der Waals surface area (Å²) < 4.78 is 5.40. The maximum atomic E-state index is 5.99.